The summed E-state index contributed by atoms with van der Waals surface area (Å²) >= 11 is 1.98. The van der Waals surface area contributed by atoms with Crippen molar-refractivity contribution in [2.24, 2.45) is 11.8 Å². The van der Waals surface area contributed by atoms with Crippen LogP contribution in [0.15, 0.2) is 12.1 Å². The third-order valence-corrected chi connectivity index (χ3v) is 5.18. The number of nitrogens with zero attached hydrogens (tertiary/aromatic N) is 1. The first kappa shape index (κ1) is 16.0. The summed E-state index contributed by atoms with van der Waals surface area (Å²) in [4.78, 5) is 5.68. The molecule has 20 heavy (non-hydrogen) atoms. The van der Waals surface area contributed by atoms with E-state index < -0.39 is 0 Å². The molecule has 0 spiro atoms. The van der Waals surface area contributed by atoms with Gasteiger partial charge in [0.1, 0.15) is 0 Å². The van der Waals surface area contributed by atoms with Gasteiger partial charge in [-0.05, 0) is 49.9 Å². The summed E-state index contributed by atoms with van der Waals surface area (Å²) in [6, 6.07) is 5.42. The smallest absolute Gasteiger partial charge is 0.0331 e. The van der Waals surface area contributed by atoms with E-state index in [1.54, 1.807) is 0 Å². The maximum Gasteiger partial charge on any atom is 0.0331 e. The van der Waals surface area contributed by atoms with Gasteiger partial charge in [0, 0.05) is 28.9 Å². The molecule has 114 valence electrons. The first-order chi connectivity index (χ1) is 9.56. The van der Waals surface area contributed by atoms with Crippen molar-refractivity contribution in [1.29, 1.82) is 0 Å². The largest absolute Gasteiger partial charge is 0.312 e. The third kappa shape index (κ3) is 4.57. The zero-order valence-electron chi connectivity index (χ0n) is 13.5. The minimum absolute atomic E-state index is 0.728. The highest BCUT2D eigenvalue weighted by Gasteiger charge is 2.27. The Hall–Kier alpha value is -0.380. The maximum atomic E-state index is 3.53. The second-order valence-electron chi connectivity index (χ2n) is 6.82. The Labute approximate surface area is 128 Å². The van der Waals surface area contributed by atoms with Crippen LogP contribution in [0, 0.1) is 11.8 Å². The second kappa shape index (κ2) is 7.58. The molecule has 0 aromatic carbocycles. The lowest BCUT2D eigenvalue weighted by atomic mass is 10.0. The fourth-order valence-corrected chi connectivity index (χ4v) is 4.10. The summed E-state index contributed by atoms with van der Waals surface area (Å²) in [6.07, 6.45) is 2.75. The van der Waals surface area contributed by atoms with E-state index in [1.807, 2.05) is 11.3 Å². The molecule has 1 aliphatic heterocycles. The van der Waals surface area contributed by atoms with Crippen LogP contribution in [-0.2, 0) is 13.1 Å². The number of nitrogens with one attached hydrogen (secondary N) is 1. The molecular weight excluding hydrogens is 264 g/mol. The van der Waals surface area contributed by atoms with Crippen LogP contribution in [0.25, 0.3) is 0 Å². The second-order valence-corrected chi connectivity index (χ2v) is 8.07. The van der Waals surface area contributed by atoms with Crippen molar-refractivity contribution >= 4 is 11.3 Å². The number of hydrogen-bond acceptors (Lipinski definition) is 3. The highest BCUT2D eigenvalue weighted by Crippen LogP contribution is 2.27. The van der Waals surface area contributed by atoms with Gasteiger partial charge >= 0.3 is 0 Å². The van der Waals surface area contributed by atoms with Crippen molar-refractivity contribution in [2.75, 3.05) is 13.1 Å². The monoisotopic (exact) mass is 294 g/mol. The molecule has 1 aromatic rings. The van der Waals surface area contributed by atoms with E-state index in [0.29, 0.717) is 0 Å². The SMILES string of the molecule is CC(C)CNCc1ccc(CN2CCCC2C(C)C)s1. The normalized spacial score (nSPS) is 20.4. The molecule has 1 N–H and O–H groups in total. The predicted octanol–water partition coefficient (Wildman–Crippen LogP) is 4.11. The van der Waals surface area contributed by atoms with Crippen LogP contribution in [-0.4, -0.2) is 24.0 Å². The van der Waals surface area contributed by atoms with Crippen molar-refractivity contribution in [1.82, 2.24) is 10.2 Å². The van der Waals surface area contributed by atoms with Gasteiger partial charge in [-0.3, -0.25) is 4.90 Å². The summed E-state index contributed by atoms with van der Waals surface area (Å²) < 4.78 is 0. The van der Waals surface area contributed by atoms with Crippen LogP contribution in [0.5, 0.6) is 0 Å². The molecule has 2 nitrogen and oxygen atoms in total. The summed E-state index contributed by atoms with van der Waals surface area (Å²) in [5.74, 6) is 1.51. The molecule has 0 amide bonds. The molecule has 1 aliphatic rings. The Morgan fingerprint density at radius 3 is 2.70 bits per heavy atom. The average molecular weight is 295 g/mol. The molecule has 1 unspecified atom stereocenters. The van der Waals surface area contributed by atoms with Crippen molar-refractivity contribution in [3.8, 4) is 0 Å². The van der Waals surface area contributed by atoms with E-state index in [0.717, 1.165) is 37.5 Å². The molecule has 1 aromatic heterocycles. The molecule has 0 radical (unpaired) electrons. The zero-order valence-corrected chi connectivity index (χ0v) is 14.3. The van der Waals surface area contributed by atoms with Gasteiger partial charge in [-0.1, -0.05) is 27.7 Å². The van der Waals surface area contributed by atoms with Gasteiger partial charge < -0.3 is 5.32 Å². The van der Waals surface area contributed by atoms with E-state index >= 15 is 0 Å². The molecule has 0 aliphatic carbocycles. The standard InChI is InChI=1S/C17H30N2S/c1-13(2)10-18-11-15-7-8-16(20-15)12-19-9-5-6-17(19)14(3)4/h7-8,13-14,17-18H,5-6,9-12H2,1-4H3. The van der Waals surface area contributed by atoms with Crippen LogP contribution in [0.3, 0.4) is 0 Å². The van der Waals surface area contributed by atoms with Crippen LogP contribution < -0.4 is 5.32 Å². The topological polar surface area (TPSA) is 15.3 Å². The minimum atomic E-state index is 0.728. The number of thiophene rings is 1. The van der Waals surface area contributed by atoms with E-state index in [1.165, 1.54) is 29.1 Å². The van der Waals surface area contributed by atoms with Gasteiger partial charge in [0.2, 0.25) is 0 Å². The van der Waals surface area contributed by atoms with Gasteiger partial charge in [-0.2, -0.15) is 0 Å². The van der Waals surface area contributed by atoms with Crippen molar-refractivity contribution < 1.29 is 0 Å². The van der Waals surface area contributed by atoms with Crippen molar-refractivity contribution in [3.05, 3.63) is 21.9 Å². The van der Waals surface area contributed by atoms with Crippen molar-refractivity contribution in [2.45, 2.75) is 59.7 Å². The summed E-state index contributed by atoms with van der Waals surface area (Å²) in [5, 5.41) is 3.53. The maximum absolute atomic E-state index is 3.53. The molecule has 1 saturated heterocycles. The number of likely N-dealkylation sites (tertiary alicyclic amines) is 1. The summed E-state index contributed by atoms with van der Waals surface area (Å²) in [7, 11) is 0. The Bertz CT molecular complexity index is 397. The fraction of sp³-hybridized carbons (Fsp3) is 0.765. The molecule has 1 fully saturated rings. The van der Waals surface area contributed by atoms with Gasteiger partial charge in [0.25, 0.3) is 0 Å². The third-order valence-electron chi connectivity index (χ3n) is 4.11. The van der Waals surface area contributed by atoms with Crippen LogP contribution in [0.4, 0.5) is 0 Å². The lowest BCUT2D eigenvalue weighted by molar-refractivity contribution is 0.200. The van der Waals surface area contributed by atoms with Crippen molar-refractivity contribution in [3.63, 3.8) is 0 Å². The Morgan fingerprint density at radius 2 is 2.00 bits per heavy atom. The van der Waals surface area contributed by atoms with Gasteiger partial charge in [-0.15, -0.1) is 11.3 Å². The predicted molar refractivity (Wildman–Crippen MR) is 89.1 cm³/mol. The molecular formula is C17H30N2S. The van der Waals surface area contributed by atoms with E-state index in [2.05, 4.69) is 50.0 Å². The Balaban J connectivity index is 1.83. The molecule has 0 bridgehead atoms. The minimum Gasteiger partial charge on any atom is -0.312 e. The molecule has 0 saturated carbocycles. The molecule has 3 heteroatoms. The lowest BCUT2D eigenvalue weighted by Gasteiger charge is -2.26. The van der Waals surface area contributed by atoms with Gasteiger partial charge in [-0.25, -0.2) is 0 Å². The highest BCUT2D eigenvalue weighted by atomic mass is 32.1. The van der Waals surface area contributed by atoms with Crippen LogP contribution >= 0.6 is 11.3 Å². The number of rotatable bonds is 7. The van der Waals surface area contributed by atoms with E-state index in [4.69, 9.17) is 0 Å². The van der Waals surface area contributed by atoms with E-state index in [9.17, 15) is 0 Å². The van der Waals surface area contributed by atoms with Gasteiger partial charge in [0.15, 0.2) is 0 Å². The molecule has 2 heterocycles. The number of hydrogen-bond donors (Lipinski definition) is 1. The van der Waals surface area contributed by atoms with Crippen LogP contribution in [0.1, 0.15) is 50.3 Å². The summed E-state index contributed by atoms with van der Waals surface area (Å²) in [6.45, 7) is 13.8. The van der Waals surface area contributed by atoms with E-state index in [-0.39, 0.29) is 0 Å². The first-order valence-corrected chi connectivity index (χ1v) is 8.90. The Morgan fingerprint density at radius 1 is 1.25 bits per heavy atom. The average Bonchev–Trinajstić information content (AvgIpc) is 2.99. The Kier molecular flexibility index (Phi) is 6.06. The fourth-order valence-electron chi connectivity index (χ4n) is 3.09. The zero-order chi connectivity index (χ0) is 14.5. The lowest BCUT2D eigenvalue weighted by Crippen LogP contribution is -2.32. The molecule has 1 atom stereocenters. The molecule has 2 rings (SSSR count). The quantitative estimate of drug-likeness (QED) is 0.814. The van der Waals surface area contributed by atoms with Gasteiger partial charge in [0.05, 0.1) is 0 Å². The van der Waals surface area contributed by atoms with Crippen LogP contribution in [0.2, 0.25) is 0 Å². The summed E-state index contributed by atoms with van der Waals surface area (Å²) in [5.41, 5.74) is 0. The first-order valence-electron chi connectivity index (χ1n) is 8.08. The highest BCUT2D eigenvalue weighted by molar-refractivity contribution is 7.11.